The SMILES string of the molecule is CCCC1(C(=O)Nc2cc(F)c(C)cc2F)CCNC1. The van der Waals surface area contributed by atoms with E-state index in [0.717, 1.165) is 37.9 Å². The lowest BCUT2D eigenvalue weighted by Gasteiger charge is -2.26. The zero-order valence-corrected chi connectivity index (χ0v) is 11.9. The molecule has 1 aliphatic rings. The monoisotopic (exact) mass is 282 g/mol. The molecule has 0 spiro atoms. The number of aryl methyl sites for hydroxylation is 1. The van der Waals surface area contributed by atoms with Crippen LogP contribution in [-0.2, 0) is 4.79 Å². The summed E-state index contributed by atoms with van der Waals surface area (Å²) >= 11 is 0. The Morgan fingerprint density at radius 2 is 2.15 bits per heavy atom. The molecule has 1 saturated heterocycles. The highest BCUT2D eigenvalue weighted by molar-refractivity contribution is 5.95. The smallest absolute Gasteiger partial charge is 0.232 e. The van der Waals surface area contributed by atoms with Crippen molar-refractivity contribution in [3.05, 3.63) is 29.3 Å². The lowest BCUT2D eigenvalue weighted by molar-refractivity contribution is -0.125. The maximum atomic E-state index is 13.8. The first-order chi connectivity index (χ1) is 9.48. The fourth-order valence-electron chi connectivity index (χ4n) is 2.74. The van der Waals surface area contributed by atoms with Gasteiger partial charge in [0.05, 0.1) is 11.1 Å². The Bertz CT molecular complexity index is 511. The van der Waals surface area contributed by atoms with Crippen molar-refractivity contribution in [2.45, 2.75) is 33.1 Å². The highest BCUT2D eigenvalue weighted by Gasteiger charge is 2.40. The second-order valence-electron chi connectivity index (χ2n) is 5.49. The molecule has 3 nitrogen and oxygen atoms in total. The van der Waals surface area contributed by atoms with Crippen molar-refractivity contribution < 1.29 is 13.6 Å². The van der Waals surface area contributed by atoms with Crippen molar-refractivity contribution in [2.24, 2.45) is 5.41 Å². The van der Waals surface area contributed by atoms with Gasteiger partial charge in [0.1, 0.15) is 11.6 Å². The van der Waals surface area contributed by atoms with E-state index in [1.54, 1.807) is 0 Å². The van der Waals surface area contributed by atoms with Crippen LogP contribution in [0.3, 0.4) is 0 Å². The van der Waals surface area contributed by atoms with Crippen LogP contribution in [0.4, 0.5) is 14.5 Å². The molecule has 1 aromatic rings. The van der Waals surface area contributed by atoms with Crippen LogP contribution in [0.2, 0.25) is 0 Å². The summed E-state index contributed by atoms with van der Waals surface area (Å²) in [6.07, 6.45) is 2.34. The maximum Gasteiger partial charge on any atom is 0.232 e. The molecule has 20 heavy (non-hydrogen) atoms. The standard InChI is InChI=1S/C15H20F2N2O/c1-3-4-15(5-6-18-9-15)14(20)19-13-8-11(16)10(2)7-12(13)17/h7-8,18H,3-6,9H2,1-2H3,(H,19,20). The molecule has 0 bridgehead atoms. The Labute approximate surface area is 117 Å². The van der Waals surface area contributed by atoms with E-state index in [-0.39, 0.29) is 17.2 Å². The van der Waals surface area contributed by atoms with Crippen LogP contribution in [-0.4, -0.2) is 19.0 Å². The Balaban J connectivity index is 2.20. The van der Waals surface area contributed by atoms with Gasteiger partial charge >= 0.3 is 0 Å². The van der Waals surface area contributed by atoms with E-state index in [4.69, 9.17) is 0 Å². The summed E-state index contributed by atoms with van der Waals surface area (Å²) in [5.41, 5.74) is -0.366. The largest absolute Gasteiger partial charge is 0.323 e. The first-order valence-electron chi connectivity index (χ1n) is 6.96. The summed E-state index contributed by atoms with van der Waals surface area (Å²) in [5.74, 6) is -1.35. The minimum absolute atomic E-state index is 0.0829. The molecule has 110 valence electrons. The van der Waals surface area contributed by atoms with E-state index in [9.17, 15) is 13.6 Å². The van der Waals surface area contributed by atoms with Crippen molar-refractivity contribution in [3.8, 4) is 0 Å². The predicted octanol–water partition coefficient (Wildman–Crippen LogP) is 2.99. The van der Waals surface area contributed by atoms with Gasteiger partial charge in [0, 0.05) is 12.6 Å². The zero-order chi connectivity index (χ0) is 14.8. The van der Waals surface area contributed by atoms with Gasteiger partial charge in [-0.1, -0.05) is 13.3 Å². The first kappa shape index (κ1) is 14.9. The molecule has 2 rings (SSSR count). The zero-order valence-electron chi connectivity index (χ0n) is 11.9. The summed E-state index contributed by atoms with van der Waals surface area (Å²) < 4.78 is 27.3. The quantitative estimate of drug-likeness (QED) is 0.891. The summed E-state index contributed by atoms with van der Waals surface area (Å²) in [6.45, 7) is 4.86. The molecule has 2 N–H and O–H groups in total. The van der Waals surface area contributed by atoms with Gasteiger partial charge in [-0.05, 0) is 37.9 Å². The van der Waals surface area contributed by atoms with Crippen molar-refractivity contribution in [2.75, 3.05) is 18.4 Å². The number of rotatable bonds is 4. The van der Waals surface area contributed by atoms with Crippen LogP contribution >= 0.6 is 0 Å². The third kappa shape index (κ3) is 2.82. The number of hydrogen-bond donors (Lipinski definition) is 2. The Morgan fingerprint density at radius 3 is 2.75 bits per heavy atom. The van der Waals surface area contributed by atoms with Crippen LogP contribution in [0.15, 0.2) is 12.1 Å². The van der Waals surface area contributed by atoms with Gasteiger partial charge in [-0.2, -0.15) is 0 Å². The molecule has 1 aliphatic heterocycles. The van der Waals surface area contributed by atoms with Gasteiger partial charge in [0.2, 0.25) is 5.91 Å². The molecule has 1 heterocycles. The normalized spacial score (nSPS) is 22.0. The number of anilines is 1. The number of halogens is 2. The van der Waals surface area contributed by atoms with E-state index in [1.165, 1.54) is 6.92 Å². The van der Waals surface area contributed by atoms with Crippen molar-refractivity contribution in [1.29, 1.82) is 0 Å². The minimum atomic E-state index is -0.602. The lowest BCUT2D eigenvalue weighted by Crippen LogP contribution is -2.38. The molecule has 1 amide bonds. The molecule has 0 radical (unpaired) electrons. The van der Waals surface area contributed by atoms with Crippen LogP contribution in [0.25, 0.3) is 0 Å². The summed E-state index contributed by atoms with van der Waals surface area (Å²) in [5, 5.41) is 5.72. The van der Waals surface area contributed by atoms with Crippen LogP contribution in [0.5, 0.6) is 0 Å². The van der Waals surface area contributed by atoms with Crippen molar-refractivity contribution in [1.82, 2.24) is 5.32 Å². The molecule has 0 aromatic heterocycles. The van der Waals surface area contributed by atoms with E-state index in [0.29, 0.717) is 6.54 Å². The highest BCUT2D eigenvalue weighted by Crippen LogP contribution is 2.33. The fourth-order valence-corrected chi connectivity index (χ4v) is 2.74. The molecule has 1 aromatic carbocycles. The Kier molecular flexibility index (Phi) is 4.38. The van der Waals surface area contributed by atoms with Gasteiger partial charge in [-0.25, -0.2) is 8.78 Å². The summed E-state index contributed by atoms with van der Waals surface area (Å²) in [6, 6.07) is 2.15. The molecule has 0 aliphatic carbocycles. The van der Waals surface area contributed by atoms with Crippen molar-refractivity contribution >= 4 is 11.6 Å². The molecule has 1 atom stereocenters. The molecule has 1 fully saturated rings. The second-order valence-corrected chi connectivity index (χ2v) is 5.49. The second kappa shape index (κ2) is 5.87. The minimum Gasteiger partial charge on any atom is -0.323 e. The van der Waals surface area contributed by atoms with Gasteiger partial charge in [0.25, 0.3) is 0 Å². The number of benzene rings is 1. The number of amides is 1. The predicted molar refractivity (Wildman–Crippen MR) is 74.6 cm³/mol. The third-order valence-electron chi connectivity index (χ3n) is 3.95. The van der Waals surface area contributed by atoms with Gasteiger partial charge in [-0.15, -0.1) is 0 Å². The topological polar surface area (TPSA) is 41.1 Å². The maximum absolute atomic E-state index is 13.8. The number of carbonyl (C=O) groups excluding carboxylic acids is 1. The highest BCUT2D eigenvalue weighted by atomic mass is 19.1. The lowest BCUT2D eigenvalue weighted by atomic mass is 9.81. The Hall–Kier alpha value is -1.49. The molecule has 5 heteroatoms. The molecular formula is C15H20F2N2O. The van der Waals surface area contributed by atoms with Gasteiger partial charge in [0.15, 0.2) is 0 Å². The molecule has 0 saturated carbocycles. The number of carbonyl (C=O) groups is 1. The Morgan fingerprint density at radius 1 is 1.40 bits per heavy atom. The van der Waals surface area contributed by atoms with Crippen molar-refractivity contribution in [3.63, 3.8) is 0 Å². The van der Waals surface area contributed by atoms with Gasteiger partial charge < -0.3 is 10.6 Å². The van der Waals surface area contributed by atoms with E-state index < -0.39 is 17.0 Å². The van der Waals surface area contributed by atoms with Crippen LogP contribution in [0.1, 0.15) is 31.7 Å². The van der Waals surface area contributed by atoms with Crippen LogP contribution < -0.4 is 10.6 Å². The summed E-state index contributed by atoms with van der Waals surface area (Å²) in [7, 11) is 0. The summed E-state index contributed by atoms with van der Waals surface area (Å²) in [4.78, 5) is 12.4. The van der Waals surface area contributed by atoms with Gasteiger partial charge in [-0.3, -0.25) is 4.79 Å². The van der Waals surface area contributed by atoms with E-state index >= 15 is 0 Å². The average Bonchev–Trinajstić information content (AvgIpc) is 2.86. The third-order valence-corrected chi connectivity index (χ3v) is 3.95. The van der Waals surface area contributed by atoms with E-state index in [1.807, 2.05) is 6.92 Å². The molecule has 1 unspecified atom stereocenters. The average molecular weight is 282 g/mol. The van der Waals surface area contributed by atoms with Crippen LogP contribution in [0, 0.1) is 24.0 Å². The molecular weight excluding hydrogens is 262 g/mol. The first-order valence-corrected chi connectivity index (χ1v) is 6.96. The fraction of sp³-hybridized carbons (Fsp3) is 0.533. The number of hydrogen-bond acceptors (Lipinski definition) is 2. The van der Waals surface area contributed by atoms with E-state index in [2.05, 4.69) is 10.6 Å². The number of nitrogens with one attached hydrogen (secondary N) is 2.